The van der Waals surface area contributed by atoms with Crippen molar-refractivity contribution < 1.29 is 9.47 Å². The van der Waals surface area contributed by atoms with Crippen molar-refractivity contribution >= 4 is 5.82 Å². The minimum atomic E-state index is 0.487. The normalized spacial score (nSPS) is 19.0. The van der Waals surface area contributed by atoms with Gasteiger partial charge in [0, 0.05) is 37.1 Å². The monoisotopic (exact) mass is 404 g/mol. The second-order valence-electron chi connectivity index (χ2n) is 8.13. The van der Waals surface area contributed by atoms with Crippen molar-refractivity contribution in [3.8, 4) is 22.8 Å². The Labute approximate surface area is 174 Å². The molecule has 3 aromatic rings. The number of fused-ring (bicyclic) bond motifs is 3. The first kappa shape index (κ1) is 17.9. The van der Waals surface area contributed by atoms with Gasteiger partial charge >= 0.3 is 0 Å². The number of pyridine rings is 2. The van der Waals surface area contributed by atoms with Gasteiger partial charge in [-0.3, -0.25) is 0 Å². The minimum Gasteiger partial charge on any atom is -0.472 e. The molecule has 8 nitrogen and oxygen atoms in total. The number of nitrogens with zero attached hydrogens (tertiary/aromatic N) is 5. The van der Waals surface area contributed by atoms with Gasteiger partial charge in [-0.1, -0.05) is 0 Å². The van der Waals surface area contributed by atoms with Gasteiger partial charge in [0.05, 0.1) is 36.7 Å². The molecule has 6 heterocycles. The molecule has 2 fully saturated rings. The van der Waals surface area contributed by atoms with Crippen LogP contribution in [0.3, 0.4) is 0 Å². The van der Waals surface area contributed by atoms with Crippen LogP contribution in [-0.4, -0.2) is 58.1 Å². The maximum atomic E-state index is 5.74. The Bertz CT molecular complexity index is 1040. The lowest BCUT2D eigenvalue weighted by molar-refractivity contribution is -0.0111. The van der Waals surface area contributed by atoms with E-state index >= 15 is 0 Å². The average molecular weight is 404 g/mol. The smallest absolute Gasteiger partial charge is 0.223 e. The van der Waals surface area contributed by atoms with Gasteiger partial charge in [-0.2, -0.15) is 5.10 Å². The molecule has 1 N–H and O–H groups in total. The van der Waals surface area contributed by atoms with E-state index in [0.29, 0.717) is 24.6 Å². The average Bonchev–Trinajstić information content (AvgIpc) is 3.22. The molecule has 0 spiro atoms. The lowest BCUT2D eigenvalue weighted by Gasteiger charge is -2.37. The van der Waals surface area contributed by atoms with Gasteiger partial charge < -0.3 is 19.7 Å². The predicted molar refractivity (Wildman–Crippen MR) is 112 cm³/mol. The fourth-order valence-electron chi connectivity index (χ4n) is 4.35. The van der Waals surface area contributed by atoms with Crippen molar-refractivity contribution in [3.63, 3.8) is 0 Å². The van der Waals surface area contributed by atoms with Gasteiger partial charge in [0.15, 0.2) is 0 Å². The molecule has 0 aromatic carbocycles. The molecule has 3 aliphatic heterocycles. The van der Waals surface area contributed by atoms with Gasteiger partial charge in [-0.05, 0) is 37.1 Å². The second kappa shape index (κ2) is 7.37. The Morgan fingerprint density at radius 2 is 1.93 bits per heavy atom. The third kappa shape index (κ3) is 3.22. The summed E-state index contributed by atoms with van der Waals surface area (Å²) in [5, 5.41) is 8.47. The predicted octanol–water partition coefficient (Wildman–Crippen LogP) is 2.18. The SMILES string of the molecule is c1cnc2c(c1)-c1nn(-c3ccc(N4CCC(NC5COC5)CC4)nc3)cc1CO2. The number of aromatic nitrogens is 4. The van der Waals surface area contributed by atoms with E-state index in [1.807, 2.05) is 29.2 Å². The highest BCUT2D eigenvalue weighted by molar-refractivity contribution is 5.69. The summed E-state index contributed by atoms with van der Waals surface area (Å²) in [6.45, 7) is 4.24. The first-order valence-corrected chi connectivity index (χ1v) is 10.6. The van der Waals surface area contributed by atoms with Crippen LogP contribution < -0.4 is 15.0 Å². The summed E-state index contributed by atoms with van der Waals surface area (Å²) >= 11 is 0. The molecule has 0 amide bonds. The largest absolute Gasteiger partial charge is 0.472 e. The standard InChI is InChI=1S/C22H24N6O2/c1-2-19-21-15(12-30-22(19)23-7-1)11-28(26-21)18-3-4-20(24-10-18)27-8-5-16(6-9-27)25-17-13-29-14-17/h1-4,7,10-11,16-17,25H,5-6,8-9,12-14H2. The van der Waals surface area contributed by atoms with E-state index in [-0.39, 0.29) is 0 Å². The zero-order valence-electron chi connectivity index (χ0n) is 16.7. The highest BCUT2D eigenvalue weighted by atomic mass is 16.5. The molecule has 3 aliphatic rings. The number of piperidine rings is 1. The molecule has 0 bridgehead atoms. The zero-order valence-corrected chi connectivity index (χ0v) is 16.7. The van der Waals surface area contributed by atoms with Gasteiger partial charge in [-0.15, -0.1) is 0 Å². The Kier molecular flexibility index (Phi) is 4.39. The van der Waals surface area contributed by atoms with Crippen LogP contribution >= 0.6 is 0 Å². The van der Waals surface area contributed by atoms with Crippen LogP contribution in [0.4, 0.5) is 5.82 Å². The van der Waals surface area contributed by atoms with Crippen LogP contribution in [0, 0.1) is 0 Å². The molecule has 0 radical (unpaired) electrons. The Morgan fingerprint density at radius 1 is 1.03 bits per heavy atom. The van der Waals surface area contributed by atoms with Crippen molar-refractivity contribution in [2.75, 3.05) is 31.2 Å². The number of rotatable bonds is 4. The first-order chi connectivity index (χ1) is 14.8. The summed E-state index contributed by atoms with van der Waals surface area (Å²) in [7, 11) is 0. The second-order valence-corrected chi connectivity index (χ2v) is 8.13. The van der Waals surface area contributed by atoms with Crippen LogP contribution in [0.5, 0.6) is 5.88 Å². The van der Waals surface area contributed by atoms with Gasteiger partial charge in [0.2, 0.25) is 5.88 Å². The summed E-state index contributed by atoms with van der Waals surface area (Å²) in [5.41, 5.74) is 3.87. The number of ether oxygens (including phenoxy) is 2. The Morgan fingerprint density at radius 3 is 2.70 bits per heavy atom. The zero-order chi connectivity index (χ0) is 19.9. The highest BCUT2D eigenvalue weighted by Crippen LogP contribution is 2.35. The Hall–Kier alpha value is -2.97. The molecule has 2 saturated heterocycles. The van der Waals surface area contributed by atoms with Crippen molar-refractivity contribution in [2.45, 2.75) is 31.5 Å². The van der Waals surface area contributed by atoms with Crippen molar-refractivity contribution in [1.29, 1.82) is 0 Å². The summed E-state index contributed by atoms with van der Waals surface area (Å²) in [6, 6.07) is 9.22. The van der Waals surface area contributed by atoms with Gasteiger partial charge in [0.25, 0.3) is 0 Å². The van der Waals surface area contributed by atoms with E-state index in [1.54, 1.807) is 6.20 Å². The molecule has 0 aliphatic carbocycles. The molecule has 8 heteroatoms. The summed E-state index contributed by atoms with van der Waals surface area (Å²) in [5.74, 6) is 1.67. The lowest BCUT2D eigenvalue weighted by atomic mass is 10.0. The summed E-state index contributed by atoms with van der Waals surface area (Å²) < 4.78 is 12.9. The van der Waals surface area contributed by atoms with Gasteiger partial charge in [-0.25, -0.2) is 14.6 Å². The molecule has 0 atom stereocenters. The van der Waals surface area contributed by atoms with E-state index in [2.05, 4.69) is 27.3 Å². The topological polar surface area (TPSA) is 77.3 Å². The summed E-state index contributed by atoms with van der Waals surface area (Å²) in [6.07, 6.45) is 7.93. The maximum Gasteiger partial charge on any atom is 0.223 e. The molecular formula is C22H24N6O2. The van der Waals surface area contributed by atoms with Crippen molar-refractivity contribution in [1.82, 2.24) is 25.1 Å². The Balaban J connectivity index is 1.15. The molecule has 0 saturated carbocycles. The number of hydrogen-bond donors (Lipinski definition) is 1. The van der Waals surface area contributed by atoms with Crippen LogP contribution in [0.15, 0.2) is 42.9 Å². The lowest BCUT2D eigenvalue weighted by Crippen LogP contribution is -2.53. The molecule has 0 unspecified atom stereocenters. The van der Waals surface area contributed by atoms with Crippen LogP contribution in [0.1, 0.15) is 18.4 Å². The van der Waals surface area contributed by atoms with Crippen molar-refractivity contribution in [3.05, 3.63) is 48.4 Å². The third-order valence-electron chi connectivity index (χ3n) is 6.11. The molecule has 3 aromatic heterocycles. The fourth-order valence-corrected chi connectivity index (χ4v) is 4.35. The molecule has 6 rings (SSSR count). The molecular weight excluding hydrogens is 380 g/mol. The van der Waals surface area contributed by atoms with E-state index in [0.717, 1.165) is 67.5 Å². The van der Waals surface area contributed by atoms with Crippen LogP contribution in [0.2, 0.25) is 0 Å². The van der Waals surface area contributed by atoms with E-state index < -0.39 is 0 Å². The minimum absolute atomic E-state index is 0.487. The van der Waals surface area contributed by atoms with E-state index in [4.69, 9.17) is 19.6 Å². The first-order valence-electron chi connectivity index (χ1n) is 10.6. The number of hydrogen-bond acceptors (Lipinski definition) is 7. The van der Waals surface area contributed by atoms with E-state index in [9.17, 15) is 0 Å². The molecule has 154 valence electrons. The fraction of sp³-hybridized carbons (Fsp3) is 0.409. The van der Waals surface area contributed by atoms with Crippen LogP contribution in [0.25, 0.3) is 16.9 Å². The third-order valence-corrected chi connectivity index (χ3v) is 6.11. The van der Waals surface area contributed by atoms with Crippen molar-refractivity contribution in [2.24, 2.45) is 0 Å². The number of nitrogens with one attached hydrogen (secondary N) is 1. The van der Waals surface area contributed by atoms with Crippen LogP contribution in [-0.2, 0) is 11.3 Å². The van der Waals surface area contributed by atoms with E-state index in [1.165, 1.54) is 0 Å². The summed E-state index contributed by atoms with van der Waals surface area (Å²) in [4.78, 5) is 11.4. The highest BCUT2D eigenvalue weighted by Gasteiger charge is 2.26. The maximum absolute atomic E-state index is 5.74. The van der Waals surface area contributed by atoms with Gasteiger partial charge in [0.1, 0.15) is 18.1 Å². The molecule has 30 heavy (non-hydrogen) atoms. The quantitative estimate of drug-likeness (QED) is 0.714. The number of anilines is 1.